The van der Waals surface area contributed by atoms with E-state index in [1.807, 2.05) is 0 Å². The molecule has 1 N–H and O–H groups in total. The largest absolute Gasteiger partial charge is 0.496 e. The molecule has 27 heavy (non-hydrogen) atoms. The standard InChI is InChI=1S/C22H32N2OS.ClH/c1-15-9-10-19(20(13-15)25-2)22(26)23-18-11-12-24(14-18)21-16-5-3-6-17(21)8-4-7-16;/h9-10,13,16-18,21H,3-8,11-12,14H2,1-2H3,(H,23,26);1H. The van der Waals surface area contributed by atoms with Gasteiger partial charge in [0.2, 0.25) is 0 Å². The van der Waals surface area contributed by atoms with Crippen LogP contribution in [0.25, 0.3) is 0 Å². The molecule has 2 aliphatic carbocycles. The monoisotopic (exact) mass is 408 g/mol. The second-order valence-corrected chi connectivity index (χ2v) is 8.94. The number of halogens is 1. The molecule has 1 aromatic rings. The van der Waals surface area contributed by atoms with Crippen molar-refractivity contribution in [2.75, 3.05) is 20.2 Å². The average molecular weight is 409 g/mol. The minimum Gasteiger partial charge on any atom is -0.496 e. The molecular weight excluding hydrogens is 376 g/mol. The number of aryl methyl sites for hydroxylation is 1. The molecule has 0 aromatic heterocycles. The van der Waals surface area contributed by atoms with Crippen molar-refractivity contribution in [2.24, 2.45) is 11.8 Å². The van der Waals surface area contributed by atoms with Gasteiger partial charge in [-0.1, -0.05) is 31.1 Å². The third-order valence-corrected chi connectivity index (χ3v) is 7.18. The molecule has 1 atom stereocenters. The highest BCUT2D eigenvalue weighted by Gasteiger charge is 2.41. The van der Waals surface area contributed by atoms with Crippen molar-refractivity contribution < 1.29 is 4.74 Å². The Morgan fingerprint density at radius 1 is 1.11 bits per heavy atom. The van der Waals surface area contributed by atoms with E-state index in [0.717, 1.165) is 40.7 Å². The highest BCUT2D eigenvalue weighted by molar-refractivity contribution is 7.80. The molecule has 0 spiro atoms. The van der Waals surface area contributed by atoms with E-state index in [1.165, 1.54) is 57.1 Å². The molecule has 4 rings (SSSR count). The van der Waals surface area contributed by atoms with Crippen LogP contribution in [0.3, 0.4) is 0 Å². The van der Waals surface area contributed by atoms with Crippen LogP contribution in [0.2, 0.25) is 0 Å². The van der Waals surface area contributed by atoms with Gasteiger partial charge in [-0.2, -0.15) is 0 Å². The topological polar surface area (TPSA) is 24.5 Å². The Morgan fingerprint density at radius 2 is 1.78 bits per heavy atom. The molecule has 1 aliphatic heterocycles. The Hall–Kier alpha value is -0.840. The second-order valence-electron chi connectivity index (χ2n) is 8.53. The Kier molecular flexibility index (Phi) is 7.04. The van der Waals surface area contributed by atoms with E-state index < -0.39 is 0 Å². The Morgan fingerprint density at radius 3 is 2.41 bits per heavy atom. The lowest BCUT2D eigenvalue weighted by Crippen LogP contribution is -2.50. The van der Waals surface area contributed by atoms with Crippen molar-refractivity contribution in [1.29, 1.82) is 0 Å². The van der Waals surface area contributed by atoms with E-state index in [0.29, 0.717) is 6.04 Å². The van der Waals surface area contributed by atoms with Crippen molar-refractivity contribution in [2.45, 2.75) is 64.0 Å². The van der Waals surface area contributed by atoms with Crippen LogP contribution in [-0.2, 0) is 0 Å². The summed E-state index contributed by atoms with van der Waals surface area (Å²) in [4.78, 5) is 3.62. The first kappa shape index (κ1) is 20.9. The maximum absolute atomic E-state index is 5.72. The van der Waals surface area contributed by atoms with Crippen LogP contribution >= 0.6 is 24.6 Å². The first-order chi connectivity index (χ1) is 12.7. The lowest BCUT2D eigenvalue weighted by atomic mass is 9.68. The summed E-state index contributed by atoms with van der Waals surface area (Å²) >= 11 is 5.72. The van der Waals surface area contributed by atoms with Crippen LogP contribution in [-0.4, -0.2) is 42.2 Å². The average Bonchev–Trinajstić information content (AvgIpc) is 3.08. The molecule has 5 heteroatoms. The smallest absolute Gasteiger partial charge is 0.129 e. The number of hydrogen-bond acceptors (Lipinski definition) is 3. The maximum atomic E-state index is 5.72. The fraction of sp³-hybridized carbons (Fsp3) is 0.682. The summed E-state index contributed by atoms with van der Waals surface area (Å²) < 4.78 is 5.54. The number of ether oxygens (including phenoxy) is 1. The molecule has 0 amide bonds. The molecule has 3 aliphatic rings. The van der Waals surface area contributed by atoms with Crippen LogP contribution < -0.4 is 10.1 Å². The molecule has 1 saturated heterocycles. The third-order valence-electron chi connectivity index (χ3n) is 6.84. The van der Waals surface area contributed by atoms with Crippen LogP contribution in [0.5, 0.6) is 5.75 Å². The fourth-order valence-corrected chi connectivity index (χ4v) is 6.00. The van der Waals surface area contributed by atoms with Gasteiger partial charge in [0.15, 0.2) is 0 Å². The summed E-state index contributed by atoms with van der Waals surface area (Å²) in [7, 11) is 1.72. The Bertz CT molecular complexity index is 646. The molecule has 1 aromatic carbocycles. The fourth-order valence-electron chi connectivity index (χ4n) is 5.66. The van der Waals surface area contributed by atoms with Crippen molar-refractivity contribution >= 4 is 29.6 Å². The van der Waals surface area contributed by atoms with Gasteiger partial charge in [-0.3, -0.25) is 4.90 Å². The summed E-state index contributed by atoms with van der Waals surface area (Å²) in [6.07, 6.45) is 9.93. The second kappa shape index (κ2) is 9.11. The summed E-state index contributed by atoms with van der Waals surface area (Å²) in [6.45, 7) is 4.45. The quantitative estimate of drug-likeness (QED) is 0.727. The minimum atomic E-state index is 0. The Balaban J connectivity index is 0.00000210. The summed E-state index contributed by atoms with van der Waals surface area (Å²) in [6, 6.07) is 7.56. The summed E-state index contributed by atoms with van der Waals surface area (Å²) in [5.41, 5.74) is 2.21. The number of nitrogens with zero attached hydrogens (tertiary/aromatic N) is 1. The molecule has 2 saturated carbocycles. The zero-order chi connectivity index (χ0) is 18.1. The van der Waals surface area contributed by atoms with Crippen molar-refractivity contribution in [3.05, 3.63) is 29.3 Å². The van der Waals surface area contributed by atoms with Gasteiger partial charge in [0, 0.05) is 25.2 Å². The van der Waals surface area contributed by atoms with Crippen LogP contribution in [0.15, 0.2) is 18.2 Å². The first-order valence-electron chi connectivity index (χ1n) is 10.4. The van der Waals surface area contributed by atoms with E-state index >= 15 is 0 Å². The van der Waals surface area contributed by atoms with Gasteiger partial charge in [0.1, 0.15) is 10.7 Å². The highest BCUT2D eigenvalue weighted by Crippen LogP contribution is 2.43. The molecule has 1 unspecified atom stereocenters. The molecular formula is C22H33ClN2OS. The maximum Gasteiger partial charge on any atom is 0.129 e. The van der Waals surface area contributed by atoms with Gasteiger partial charge in [0.25, 0.3) is 0 Å². The van der Waals surface area contributed by atoms with E-state index in [4.69, 9.17) is 17.0 Å². The molecule has 3 nitrogen and oxygen atoms in total. The SMILES string of the molecule is COc1cc(C)ccc1C(=S)NC1CCN(C2C3CCCC2CCC3)C1.Cl. The number of likely N-dealkylation sites (tertiary alicyclic amines) is 1. The number of nitrogens with one attached hydrogen (secondary N) is 1. The van der Waals surface area contributed by atoms with Gasteiger partial charge in [0.05, 0.1) is 12.7 Å². The van der Waals surface area contributed by atoms with E-state index in [1.54, 1.807) is 7.11 Å². The number of benzene rings is 1. The van der Waals surface area contributed by atoms with Gasteiger partial charge < -0.3 is 10.1 Å². The predicted octanol–water partition coefficient (Wildman–Crippen LogP) is 4.73. The van der Waals surface area contributed by atoms with Crippen LogP contribution in [0.4, 0.5) is 0 Å². The summed E-state index contributed by atoms with van der Waals surface area (Å²) in [5, 5.41) is 3.63. The third kappa shape index (κ3) is 4.44. The molecule has 150 valence electrons. The Labute approximate surface area is 175 Å². The van der Waals surface area contributed by atoms with Gasteiger partial charge in [-0.05, 0) is 68.6 Å². The van der Waals surface area contributed by atoms with Gasteiger partial charge in [-0.25, -0.2) is 0 Å². The predicted molar refractivity (Wildman–Crippen MR) is 118 cm³/mol. The number of rotatable bonds is 4. The van der Waals surface area contributed by atoms with Crippen molar-refractivity contribution in [3.63, 3.8) is 0 Å². The normalized spacial score (nSPS) is 30.4. The molecule has 0 radical (unpaired) electrons. The zero-order valence-corrected chi connectivity index (χ0v) is 18.2. The van der Waals surface area contributed by atoms with Crippen LogP contribution in [0.1, 0.15) is 56.1 Å². The van der Waals surface area contributed by atoms with Crippen molar-refractivity contribution in [3.8, 4) is 5.75 Å². The van der Waals surface area contributed by atoms with E-state index in [-0.39, 0.29) is 12.4 Å². The number of methoxy groups -OCH3 is 1. The van der Waals surface area contributed by atoms with Gasteiger partial charge in [-0.15, -0.1) is 12.4 Å². The highest BCUT2D eigenvalue weighted by atomic mass is 35.5. The molecule has 1 heterocycles. The van der Waals surface area contributed by atoms with Crippen molar-refractivity contribution in [1.82, 2.24) is 10.2 Å². The van der Waals surface area contributed by atoms with E-state index in [9.17, 15) is 0 Å². The first-order valence-corrected chi connectivity index (χ1v) is 10.8. The number of thiocarbonyl (C=S) groups is 1. The zero-order valence-electron chi connectivity index (χ0n) is 16.6. The van der Waals surface area contributed by atoms with Gasteiger partial charge >= 0.3 is 0 Å². The van der Waals surface area contributed by atoms with Crippen LogP contribution in [0, 0.1) is 18.8 Å². The molecule has 3 fully saturated rings. The number of hydrogen-bond donors (Lipinski definition) is 1. The minimum absolute atomic E-state index is 0. The van der Waals surface area contributed by atoms with E-state index in [2.05, 4.69) is 35.3 Å². The lowest BCUT2D eigenvalue weighted by molar-refractivity contribution is 0.0350. The summed E-state index contributed by atoms with van der Waals surface area (Å²) in [5.74, 6) is 2.77. The number of fused-ring (bicyclic) bond motifs is 2. The lowest BCUT2D eigenvalue weighted by Gasteiger charge is -2.47. The molecule has 2 bridgehead atoms.